The van der Waals surface area contributed by atoms with Crippen molar-refractivity contribution < 1.29 is 13.3 Å². The number of rotatable bonds is 4. The first-order valence-electron chi connectivity index (χ1n) is 6.86. The van der Waals surface area contributed by atoms with Crippen molar-refractivity contribution >= 4 is 21.4 Å². The molecule has 1 saturated heterocycles. The zero-order valence-electron chi connectivity index (χ0n) is 12.0. The SMILES string of the molecule is CCC1CCC(C)N1S(=O)(=O)c1ccc([N+](=O)[O-])c(N)c1. The minimum Gasteiger partial charge on any atom is -0.393 e. The normalized spacial score (nSPS) is 23.3. The molecular formula is C13H19N3O4S. The van der Waals surface area contributed by atoms with E-state index in [0.717, 1.165) is 25.3 Å². The minimum atomic E-state index is -3.68. The highest BCUT2D eigenvalue weighted by Crippen LogP contribution is 2.34. The van der Waals surface area contributed by atoms with Crippen LogP contribution in [0.3, 0.4) is 0 Å². The lowest BCUT2D eigenvalue weighted by Crippen LogP contribution is -2.39. The van der Waals surface area contributed by atoms with Crippen LogP contribution in [0.2, 0.25) is 0 Å². The van der Waals surface area contributed by atoms with Crippen LogP contribution in [-0.2, 0) is 10.0 Å². The topological polar surface area (TPSA) is 107 Å². The van der Waals surface area contributed by atoms with Crippen LogP contribution in [0.15, 0.2) is 23.1 Å². The summed E-state index contributed by atoms with van der Waals surface area (Å²) in [6, 6.07) is 3.47. The van der Waals surface area contributed by atoms with E-state index in [1.165, 1.54) is 16.4 Å². The third-order valence-corrected chi connectivity index (χ3v) is 6.02. The fraction of sp³-hybridized carbons (Fsp3) is 0.538. The highest BCUT2D eigenvalue weighted by atomic mass is 32.2. The minimum absolute atomic E-state index is 0.0119. The molecule has 0 bridgehead atoms. The summed E-state index contributed by atoms with van der Waals surface area (Å²) in [6.45, 7) is 3.83. The molecule has 1 aromatic rings. The molecule has 1 fully saturated rings. The second kappa shape index (κ2) is 5.61. The van der Waals surface area contributed by atoms with Gasteiger partial charge >= 0.3 is 0 Å². The molecule has 1 aromatic carbocycles. The summed E-state index contributed by atoms with van der Waals surface area (Å²) in [6.07, 6.45) is 2.39. The van der Waals surface area contributed by atoms with Gasteiger partial charge in [0.25, 0.3) is 5.69 Å². The first-order chi connectivity index (χ1) is 9.78. The van der Waals surface area contributed by atoms with Crippen LogP contribution in [0.4, 0.5) is 11.4 Å². The average molecular weight is 313 g/mol. The van der Waals surface area contributed by atoms with Crippen molar-refractivity contribution in [3.05, 3.63) is 28.3 Å². The Morgan fingerprint density at radius 3 is 2.62 bits per heavy atom. The fourth-order valence-corrected chi connectivity index (χ4v) is 4.83. The molecule has 0 aliphatic carbocycles. The predicted octanol–water partition coefficient (Wildman–Crippen LogP) is 2.13. The summed E-state index contributed by atoms with van der Waals surface area (Å²) in [4.78, 5) is 10.1. The van der Waals surface area contributed by atoms with E-state index in [-0.39, 0.29) is 28.4 Å². The monoisotopic (exact) mass is 313 g/mol. The molecule has 8 heteroatoms. The molecule has 7 nitrogen and oxygen atoms in total. The molecule has 21 heavy (non-hydrogen) atoms. The van der Waals surface area contributed by atoms with E-state index in [0.29, 0.717) is 0 Å². The van der Waals surface area contributed by atoms with Gasteiger partial charge in [0.15, 0.2) is 0 Å². The van der Waals surface area contributed by atoms with Gasteiger partial charge in [-0.3, -0.25) is 10.1 Å². The molecule has 2 N–H and O–H groups in total. The molecule has 0 saturated carbocycles. The Morgan fingerprint density at radius 2 is 2.10 bits per heavy atom. The van der Waals surface area contributed by atoms with E-state index in [1.54, 1.807) is 0 Å². The van der Waals surface area contributed by atoms with Gasteiger partial charge in [0.1, 0.15) is 5.69 Å². The highest BCUT2D eigenvalue weighted by Gasteiger charge is 2.39. The van der Waals surface area contributed by atoms with Gasteiger partial charge in [-0.25, -0.2) is 8.42 Å². The maximum Gasteiger partial charge on any atom is 0.292 e. The van der Waals surface area contributed by atoms with Gasteiger partial charge in [-0.15, -0.1) is 0 Å². The van der Waals surface area contributed by atoms with Crippen molar-refractivity contribution in [3.8, 4) is 0 Å². The van der Waals surface area contributed by atoms with Crippen molar-refractivity contribution in [3.63, 3.8) is 0 Å². The molecule has 0 amide bonds. The number of nitrogen functional groups attached to an aromatic ring is 1. The third kappa shape index (κ3) is 2.73. The van der Waals surface area contributed by atoms with Crippen molar-refractivity contribution in [1.29, 1.82) is 0 Å². The van der Waals surface area contributed by atoms with Gasteiger partial charge < -0.3 is 5.73 Å². The maximum atomic E-state index is 12.7. The number of nitro benzene ring substituents is 1. The molecule has 0 spiro atoms. The summed E-state index contributed by atoms with van der Waals surface area (Å²) in [5.74, 6) is 0. The molecule has 1 aliphatic rings. The van der Waals surface area contributed by atoms with Crippen LogP contribution >= 0.6 is 0 Å². The van der Waals surface area contributed by atoms with Crippen LogP contribution in [0.25, 0.3) is 0 Å². The van der Waals surface area contributed by atoms with Gasteiger partial charge in [-0.1, -0.05) is 6.92 Å². The first-order valence-corrected chi connectivity index (χ1v) is 8.30. The number of hydrogen-bond donors (Lipinski definition) is 1. The first kappa shape index (κ1) is 15.7. The summed E-state index contributed by atoms with van der Waals surface area (Å²) >= 11 is 0. The number of nitrogens with zero attached hydrogens (tertiary/aromatic N) is 2. The lowest BCUT2D eigenvalue weighted by molar-refractivity contribution is -0.383. The van der Waals surface area contributed by atoms with Crippen molar-refractivity contribution in [2.75, 3.05) is 5.73 Å². The molecule has 0 aromatic heterocycles. The van der Waals surface area contributed by atoms with E-state index >= 15 is 0 Å². The van der Waals surface area contributed by atoms with E-state index in [9.17, 15) is 18.5 Å². The molecule has 116 valence electrons. The zero-order chi connectivity index (χ0) is 15.8. The number of hydrogen-bond acceptors (Lipinski definition) is 5. The van der Waals surface area contributed by atoms with Crippen LogP contribution < -0.4 is 5.73 Å². The molecule has 1 heterocycles. The third-order valence-electron chi connectivity index (χ3n) is 3.95. The number of nitrogens with two attached hydrogens (primary N) is 1. The average Bonchev–Trinajstić information content (AvgIpc) is 2.79. The quantitative estimate of drug-likeness (QED) is 0.520. The van der Waals surface area contributed by atoms with Crippen molar-refractivity contribution in [1.82, 2.24) is 4.31 Å². The summed E-state index contributed by atoms with van der Waals surface area (Å²) in [5.41, 5.74) is 5.17. The van der Waals surface area contributed by atoms with Gasteiger partial charge in [0.05, 0.1) is 9.82 Å². The van der Waals surface area contributed by atoms with Crippen LogP contribution in [-0.4, -0.2) is 29.7 Å². The van der Waals surface area contributed by atoms with Gasteiger partial charge in [-0.05, 0) is 38.3 Å². The molecule has 2 unspecified atom stereocenters. The second-order valence-corrected chi connectivity index (χ2v) is 7.14. The van der Waals surface area contributed by atoms with E-state index < -0.39 is 14.9 Å². The largest absolute Gasteiger partial charge is 0.393 e. The van der Waals surface area contributed by atoms with E-state index in [4.69, 9.17) is 5.73 Å². The number of anilines is 1. The van der Waals surface area contributed by atoms with Crippen molar-refractivity contribution in [2.24, 2.45) is 0 Å². The van der Waals surface area contributed by atoms with Crippen LogP contribution in [0.5, 0.6) is 0 Å². The Bertz CT molecular complexity index is 659. The predicted molar refractivity (Wildman–Crippen MR) is 79.3 cm³/mol. The van der Waals surface area contributed by atoms with Gasteiger partial charge in [0, 0.05) is 18.2 Å². The molecular weight excluding hydrogens is 294 g/mol. The van der Waals surface area contributed by atoms with Gasteiger partial charge in [-0.2, -0.15) is 4.31 Å². The molecule has 2 atom stereocenters. The standard InChI is InChI=1S/C13H19N3O4S/c1-3-10-5-4-9(2)15(10)21(19,20)11-6-7-13(16(17)18)12(14)8-11/h6-10H,3-5,14H2,1-2H3. The van der Waals surface area contributed by atoms with E-state index in [2.05, 4.69) is 0 Å². The molecule has 1 aliphatic heterocycles. The summed E-state index contributed by atoms with van der Waals surface area (Å²) in [7, 11) is -3.68. The summed E-state index contributed by atoms with van der Waals surface area (Å²) < 4.78 is 27.0. The summed E-state index contributed by atoms with van der Waals surface area (Å²) in [5, 5.41) is 10.8. The Morgan fingerprint density at radius 1 is 1.43 bits per heavy atom. The Hall–Kier alpha value is -1.67. The van der Waals surface area contributed by atoms with Crippen LogP contribution in [0.1, 0.15) is 33.1 Å². The lowest BCUT2D eigenvalue weighted by atomic mass is 10.2. The zero-order valence-corrected chi connectivity index (χ0v) is 12.8. The Balaban J connectivity index is 2.44. The Labute approximate surface area is 123 Å². The van der Waals surface area contributed by atoms with Crippen molar-refractivity contribution in [2.45, 2.75) is 50.1 Å². The number of nitro groups is 1. The lowest BCUT2D eigenvalue weighted by Gasteiger charge is -2.27. The molecule has 2 rings (SSSR count). The number of sulfonamides is 1. The highest BCUT2D eigenvalue weighted by molar-refractivity contribution is 7.89. The maximum absolute atomic E-state index is 12.7. The number of benzene rings is 1. The van der Waals surface area contributed by atoms with E-state index in [1.807, 2.05) is 13.8 Å². The second-order valence-electron chi connectivity index (χ2n) is 5.30. The molecule has 0 radical (unpaired) electrons. The van der Waals surface area contributed by atoms with Crippen LogP contribution in [0, 0.1) is 10.1 Å². The Kier molecular flexibility index (Phi) is 4.20. The fourth-order valence-electron chi connectivity index (χ4n) is 2.85. The smallest absolute Gasteiger partial charge is 0.292 e. The van der Waals surface area contributed by atoms with Gasteiger partial charge in [0.2, 0.25) is 10.0 Å².